The maximum Gasteiger partial charge on any atom is 0.355 e. The lowest BCUT2D eigenvalue weighted by Crippen LogP contribution is -2.27. The average Bonchev–Trinajstić information content (AvgIpc) is 3.62. The lowest BCUT2D eigenvalue weighted by molar-refractivity contribution is -0.124. The first-order valence-electron chi connectivity index (χ1n) is 11.0. The Labute approximate surface area is 213 Å². The third-order valence-corrected chi connectivity index (χ3v) is 5.98. The third-order valence-electron chi connectivity index (χ3n) is 5.23. The van der Waals surface area contributed by atoms with Crippen LogP contribution in [0.25, 0.3) is 11.5 Å². The van der Waals surface area contributed by atoms with Crippen molar-refractivity contribution in [3.63, 3.8) is 0 Å². The smallest absolute Gasteiger partial charge is 0.355 e. The Balaban J connectivity index is 1.39. The quantitative estimate of drug-likeness (QED) is 0.312. The Kier molecular flexibility index (Phi) is 6.51. The minimum absolute atomic E-state index is 0.123. The first kappa shape index (κ1) is 23.9. The number of carbonyl (C=O) groups excluding carboxylic acids is 2. The molecule has 188 valence electrons. The molecule has 0 bridgehead atoms. The highest BCUT2D eigenvalue weighted by atomic mass is 32.1. The predicted octanol–water partition coefficient (Wildman–Crippen LogP) is 3.51. The van der Waals surface area contributed by atoms with Crippen LogP contribution in [-0.4, -0.2) is 50.7 Å². The van der Waals surface area contributed by atoms with Gasteiger partial charge in [0.15, 0.2) is 16.9 Å². The van der Waals surface area contributed by atoms with E-state index in [-0.39, 0.29) is 33.8 Å². The molecule has 2 amide bonds. The summed E-state index contributed by atoms with van der Waals surface area (Å²) in [5, 5.41) is 23.6. The Morgan fingerprint density at radius 1 is 1.14 bits per heavy atom. The van der Waals surface area contributed by atoms with E-state index in [2.05, 4.69) is 25.8 Å². The summed E-state index contributed by atoms with van der Waals surface area (Å²) < 4.78 is 17.2. The van der Waals surface area contributed by atoms with E-state index in [1.165, 1.54) is 17.5 Å². The van der Waals surface area contributed by atoms with Crippen LogP contribution in [0.3, 0.4) is 0 Å². The van der Waals surface area contributed by atoms with Gasteiger partial charge in [-0.25, -0.2) is 9.78 Å². The van der Waals surface area contributed by atoms with Crippen molar-refractivity contribution in [3.05, 3.63) is 65.0 Å². The van der Waals surface area contributed by atoms with E-state index < -0.39 is 18.0 Å². The largest absolute Gasteiger partial charge is 0.480 e. The predicted molar refractivity (Wildman–Crippen MR) is 130 cm³/mol. The molecule has 0 aliphatic carbocycles. The zero-order chi connectivity index (χ0) is 25.9. The maximum atomic E-state index is 12.9. The number of hydrogen-bond acceptors (Lipinski definition) is 10. The molecule has 2 aromatic carbocycles. The fourth-order valence-corrected chi connectivity index (χ4v) is 4.17. The highest BCUT2D eigenvalue weighted by Gasteiger charge is 2.26. The van der Waals surface area contributed by atoms with Gasteiger partial charge in [-0.1, -0.05) is 0 Å². The number of hydrogen-bond donors (Lipinski definition) is 3. The van der Waals surface area contributed by atoms with Crippen molar-refractivity contribution in [2.24, 2.45) is 0 Å². The molecule has 37 heavy (non-hydrogen) atoms. The third kappa shape index (κ3) is 5.56. The van der Waals surface area contributed by atoms with Crippen LogP contribution < -0.4 is 20.1 Å². The first-order chi connectivity index (χ1) is 17.8. The zero-order valence-corrected chi connectivity index (χ0v) is 20.1. The van der Waals surface area contributed by atoms with Crippen LogP contribution in [0.5, 0.6) is 17.2 Å². The van der Waals surface area contributed by atoms with Gasteiger partial charge in [0, 0.05) is 42.5 Å². The van der Waals surface area contributed by atoms with Gasteiger partial charge in [0.05, 0.1) is 0 Å². The molecule has 0 radical (unpaired) electrons. The van der Waals surface area contributed by atoms with Gasteiger partial charge in [-0.2, -0.15) is 0 Å². The van der Waals surface area contributed by atoms with E-state index in [1.807, 2.05) is 0 Å². The molecule has 1 saturated heterocycles. The van der Waals surface area contributed by atoms with E-state index in [0.29, 0.717) is 36.1 Å². The molecule has 3 heterocycles. The first-order valence-corrected chi connectivity index (χ1v) is 11.9. The standard InChI is InChI=1S/C24H19N5O7S/c1-12-28-29-22(34-12)13-2-4-15(5-3-13)35-16-8-14(9-17(10-16)36-19-6-7-25-21(19)31)20(30)27-24-26-18(11-37-24)23(32)33/h2-5,8-11,19H,6-7H2,1H3,(H,25,31)(H,32,33)(H,26,27,30). The number of nitrogens with zero attached hydrogens (tertiary/aromatic N) is 3. The van der Waals surface area contributed by atoms with Crippen LogP contribution in [0.4, 0.5) is 5.13 Å². The van der Waals surface area contributed by atoms with E-state index in [0.717, 1.165) is 11.3 Å². The van der Waals surface area contributed by atoms with Gasteiger partial charge in [0.25, 0.3) is 11.8 Å². The Morgan fingerprint density at radius 2 is 1.92 bits per heavy atom. The molecule has 3 N–H and O–H groups in total. The molecule has 1 atom stereocenters. The number of ether oxygens (including phenoxy) is 2. The van der Waals surface area contributed by atoms with E-state index >= 15 is 0 Å². The van der Waals surface area contributed by atoms with Gasteiger partial charge >= 0.3 is 5.97 Å². The van der Waals surface area contributed by atoms with E-state index in [9.17, 15) is 14.4 Å². The summed E-state index contributed by atoms with van der Waals surface area (Å²) in [7, 11) is 0. The lowest BCUT2D eigenvalue weighted by Gasteiger charge is -2.14. The number of nitrogens with one attached hydrogen (secondary N) is 2. The Bertz CT molecular complexity index is 1480. The summed E-state index contributed by atoms with van der Waals surface area (Å²) >= 11 is 0.983. The highest BCUT2D eigenvalue weighted by Crippen LogP contribution is 2.31. The van der Waals surface area contributed by atoms with E-state index in [1.54, 1.807) is 37.3 Å². The molecule has 5 rings (SSSR count). The minimum atomic E-state index is -1.20. The summed E-state index contributed by atoms with van der Waals surface area (Å²) in [6.45, 7) is 2.19. The van der Waals surface area contributed by atoms with Crippen LogP contribution >= 0.6 is 11.3 Å². The molecule has 1 fully saturated rings. The summed E-state index contributed by atoms with van der Waals surface area (Å²) in [6.07, 6.45) is -0.209. The number of carbonyl (C=O) groups is 3. The molecule has 4 aromatic rings. The Morgan fingerprint density at radius 3 is 2.57 bits per heavy atom. The Hall–Kier alpha value is -4.78. The normalized spacial score (nSPS) is 14.7. The number of anilines is 1. The van der Waals surface area contributed by atoms with Gasteiger partial charge < -0.3 is 24.3 Å². The molecule has 0 saturated carbocycles. The van der Waals surface area contributed by atoms with Crippen molar-refractivity contribution in [1.82, 2.24) is 20.5 Å². The number of amides is 2. The second-order valence-electron chi connectivity index (χ2n) is 7.93. The topological polar surface area (TPSA) is 166 Å². The van der Waals surface area contributed by atoms with Crippen molar-refractivity contribution in [2.45, 2.75) is 19.4 Å². The number of aromatic nitrogens is 3. The van der Waals surface area contributed by atoms with Crippen molar-refractivity contribution in [1.29, 1.82) is 0 Å². The van der Waals surface area contributed by atoms with Gasteiger partial charge in [0.2, 0.25) is 11.8 Å². The van der Waals surface area contributed by atoms with Crippen LogP contribution in [0.2, 0.25) is 0 Å². The van der Waals surface area contributed by atoms with Crippen molar-refractivity contribution < 1.29 is 33.4 Å². The molecule has 13 heteroatoms. The SMILES string of the molecule is Cc1nnc(-c2ccc(Oc3cc(OC4CCNC4=O)cc(C(=O)Nc4nc(C(=O)O)cs4)c3)cc2)o1. The number of aromatic carboxylic acids is 1. The lowest BCUT2D eigenvalue weighted by atomic mass is 10.1. The van der Waals surface area contributed by atoms with Gasteiger partial charge in [-0.15, -0.1) is 21.5 Å². The number of carboxylic acid groups (broad SMARTS) is 1. The van der Waals surface area contributed by atoms with Crippen LogP contribution in [0, 0.1) is 6.92 Å². The van der Waals surface area contributed by atoms with Gasteiger partial charge in [-0.3, -0.25) is 14.9 Å². The molecule has 1 aliphatic heterocycles. The molecule has 0 spiro atoms. The van der Waals surface area contributed by atoms with Crippen LogP contribution in [0.1, 0.15) is 33.2 Å². The molecule has 12 nitrogen and oxygen atoms in total. The number of benzene rings is 2. The molecule has 1 unspecified atom stereocenters. The second kappa shape index (κ2) is 10.1. The summed E-state index contributed by atoms with van der Waals surface area (Å²) in [4.78, 5) is 39.9. The average molecular weight is 522 g/mol. The summed E-state index contributed by atoms with van der Waals surface area (Å²) in [5.74, 6) is -0.160. The van der Waals surface area contributed by atoms with Crippen molar-refractivity contribution in [3.8, 4) is 28.7 Å². The monoisotopic (exact) mass is 521 g/mol. The fraction of sp³-hybridized carbons (Fsp3) is 0.167. The van der Waals surface area contributed by atoms with Crippen molar-refractivity contribution >= 4 is 34.3 Å². The van der Waals surface area contributed by atoms with Crippen molar-refractivity contribution in [2.75, 3.05) is 11.9 Å². The zero-order valence-electron chi connectivity index (χ0n) is 19.3. The fourth-order valence-electron chi connectivity index (χ4n) is 3.49. The molecular formula is C24H19N5O7S. The number of thiazole rings is 1. The van der Waals surface area contributed by atoms with E-state index in [4.69, 9.17) is 19.0 Å². The van der Waals surface area contributed by atoms with Gasteiger partial charge in [0.1, 0.15) is 17.2 Å². The summed E-state index contributed by atoms with van der Waals surface area (Å²) in [5.41, 5.74) is 0.699. The minimum Gasteiger partial charge on any atom is -0.480 e. The van der Waals surface area contributed by atoms with Gasteiger partial charge in [-0.05, 0) is 36.4 Å². The molecule has 2 aromatic heterocycles. The molecule has 1 aliphatic rings. The second-order valence-corrected chi connectivity index (χ2v) is 8.79. The number of rotatable bonds is 8. The summed E-state index contributed by atoms with van der Waals surface area (Å²) in [6, 6.07) is 11.5. The highest BCUT2D eigenvalue weighted by molar-refractivity contribution is 7.14. The van der Waals surface area contributed by atoms with Crippen LogP contribution in [0.15, 0.2) is 52.3 Å². The van der Waals surface area contributed by atoms with Crippen LogP contribution in [-0.2, 0) is 4.79 Å². The molecular weight excluding hydrogens is 502 g/mol. The number of carboxylic acids is 1. The number of aryl methyl sites for hydroxylation is 1. The maximum absolute atomic E-state index is 12.9.